The number of phenols is 1. The highest BCUT2D eigenvalue weighted by molar-refractivity contribution is 6.29. The zero-order valence-electron chi connectivity index (χ0n) is 19.3. The lowest BCUT2D eigenvalue weighted by Gasteiger charge is -2.37. The number of rotatable bonds is 5. The second-order valence-electron chi connectivity index (χ2n) is 8.64. The fourth-order valence-electron chi connectivity index (χ4n) is 5.03. The Bertz CT molecular complexity index is 1550. The van der Waals surface area contributed by atoms with Crippen LogP contribution in [0.15, 0.2) is 128 Å². The summed E-state index contributed by atoms with van der Waals surface area (Å²) in [5.41, 5.74) is 4.85. The van der Waals surface area contributed by atoms with Crippen molar-refractivity contribution in [2.75, 3.05) is 0 Å². The van der Waals surface area contributed by atoms with E-state index in [1.165, 1.54) is 0 Å². The summed E-state index contributed by atoms with van der Waals surface area (Å²) in [6.45, 7) is 0. The van der Waals surface area contributed by atoms with Gasteiger partial charge in [-0.05, 0) is 47.0 Å². The number of halogens is 1. The van der Waals surface area contributed by atoms with Gasteiger partial charge in [0.05, 0.1) is 5.52 Å². The summed E-state index contributed by atoms with van der Waals surface area (Å²) in [4.78, 5) is 4.14. The lowest BCUT2D eigenvalue weighted by Crippen LogP contribution is -2.38. The maximum atomic E-state index is 10.4. The maximum absolute atomic E-state index is 10.4. The summed E-state index contributed by atoms with van der Waals surface area (Å²) < 4.78 is 2.07. The molecule has 2 heterocycles. The van der Waals surface area contributed by atoms with Crippen molar-refractivity contribution in [1.29, 1.82) is 0 Å². The number of phenolic OH excluding ortho intramolecular Hbond substituents is 1. The van der Waals surface area contributed by atoms with Crippen molar-refractivity contribution in [3.8, 4) is 17.0 Å². The first-order chi connectivity index (χ1) is 17.7. The summed E-state index contributed by atoms with van der Waals surface area (Å²) >= 11 is 6.27. The van der Waals surface area contributed by atoms with Crippen molar-refractivity contribution in [1.82, 2.24) is 14.8 Å². The van der Waals surface area contributed by atoms with E-state index in [1.54, 1.807) is 24.4 Å². The van der Waals surface area contributed by atoms with E-state index >= 15 is 0 Å². The molecular formula is C31H22ClN3O. The minimum atomic E-state index is -0.784. The maximum Gasteiger partial charge on any atom is 0.138 e. The van der Waals surface area contributed by atoms with E-state index < -0.39 is 5.54 Å². The molecular weight excluding hydrogens is 466 g/mol. The SMILES string of the molecule is Oc1ccc2c(c1)c(-c1ccnc(Cl)c1)nn2C(c1ccccc1)(c1ccccc1)c1ccccc1. The van der Waals surface area contributed by atoms with Crippen molar-refractivity contribution in [3.63, 3.8) is 0 Å². The van der Waals surface area contributed by atoms with Crippen molar-refractivity contribution in [2.24, 2.45) is 0 Å². The van der Waals surface area contributed by atoms with Gasteiger partial charge < -0.3 is 5.11 Å². The molecule has 4 aromatic carbocycles. The van der Waals surface area contributed by atoms with Gasteiger partial charge in [0.2, 0.25) is 0 Å². The normalized spacial score (nSPS) is 11.6. The number of fused-ring (bicyclic) bond motifs is 1. The van der Waals surface area contributed by atoms with Gasteiger partial charge >= 0.3 is 0 Å². The van der Waals surface area contributed by atoms with Gasteiger partial charge in [-0.2, -0.15) is 5.10 Å². The summed E-state index contributed by atoms with van der Waals surface area (Å²) in [7, 11) is 0. The Balaban J connectivity index is 1.80. The quantitative estimate of drug-likeness (QED) is 0.205. The predicted molar refractivity (Wildman–Crippen MR) is 144 cm³/mol. The minimum Gasteiger partial charge on any atom is -0.508 e. The van der Waals surface area contributed by atoms with Crippen LogP contribution >= 0.6 is 11.6 Å². The zero-order chi connectivity index (χ0) is 24.5. The first-order valence-electron chi connectivity index (χ1n) is 11.7. The number of hydrogen-bond donors (Lipinski definition) is 1. The Labute approximate surface area is 214 Å². The molecule has 0 aliphatic rings. The average Bonchev–Trinajstić information content (AvgIpc) is 3.30. The fourth-order valence-corrected chi connectivity index (χ4v) is 5.20. The highest BCUT2D eigenvalue weighted by atomic mass is 35.5. The molecule has 0 aliphatic heterocycles. The van der Waals surface area contributed by atoms with Gasteiger partial charge in [0.25, 0.3) is 0 Å². The van der Waals surface area contributed by atoms with Crippen LogP contribution in [0.5, 0.6) is 5.75 Å². The van der Waals surface area contributed by atoms with Crippen LogP contribution in [0.25, 0.3) is 22.2 Å². The molecule has 2 aromatic heterocycles. The summed E-state index contributed by atoms with van der Waals surface area (Å²) in [5, 5.41) is 16.9. The van der Waals surface area contributed by atoms with Gasteiger partial charge in [-0.25, -0.2) is 9.67 Å². The van der Waals surface area contributed by atoms with Crippen LogP contribution in [-0.4, -0.2) is 19.9 Å². The van der Waals surface area contributed by atoms with E-state index in [4.69, 9.17) is 16.7 Å². The summed E-state index contributed by atoms with van der Waals surface area (Å²) in [5.74, 6) is 0.174. The Hall–Kier alpha value is -4.41. The Kier molecular flexibility index (Phi) is 5.51. The molecule has 0 unspecified atom stereocenters. The lowest BCUT2D eigenvalue weighted by molar-refractivity contribution is 0.473. The van der Waals surface area contributed by atoms with Crippen molar-refractivity contribution >= 4 is 22.5 Å². The molecule has 0 atom stereocenters. The summed E-state index contributed by atoms with van der Waals surface area (Å²) in [6, 6.07) is 40.3. The highest BCUT2D eigenvalue weighted by Gasteiger charge is 2.41. The smallest absolute Gasteiger partial charge is 0.138 e. The molecule has 36 heavy (non-hydrogen) atoms. The number of nitrogens with zero attached hydrogens (tertiary/aromatic N) is 3. The minimum absolute atomic E-state index is 0.174. The van der Waals surface area contributed by atoms with Crippen LogP contribution in [0.2, 0.25) is 5.15 Å². The van der Waals surface area contributed by atoms with Crippen LogP contribution in [0.1, 0.15) is 16.7 Å². The summed E-state index contributed by atoms with van der Waals surface area (Å²) in [6.07, 6.45) is 1.67. The first kappa shape index (κ1) is 22.1. The van der Waals surface area contributed by atoms with Crippen LogP contribution in [0.4, 0.5) is 0 Å². The molecule has 0 spiro atoms. The molecule has 5 heteroatoms. The third-order valence-electron chi connectivity index (χ3n) is 6.56. The largest absolute Gasteiger partial charge is 0.508 e. The molecule has 174 valence electrons. The fraction of sp³-hybridized carbons (Fsp3) is 0.0323. The van der Waals surface area contributed by atoms with Crippen LogP contribution in [0.3, 0.4) is 0 Å². The van der Waals surface area contributed by atoms with E-state index in [0.29, 0.717) is 5.15 Å². The van der Waals surface area contributed by atoms with Gasteiger partial charge in [-0.1, -0.05) is 103 Å². The van der Waals surface area contributed by atoms with Gasteiger partial charge in [0, 0.05) is 17.1 Å². The van der Waals surface area contributed by atoms with Crippen LogP contribution in [0, 0.1) is 0 Å². The van der Waals surface area contributed by atoms with E-state index in [-0.39, 0.29) is 5.75 Å². The van der Waals surface area contributed by atoms with Crippen LogP contribution < -0.4 is 0 Å². The molecule has 0 aliphatic carbocycles. The van der Waals surface area contributed by atoms with Crippen molar-refractivity contribution in [2.45, 2.75) is 5.54 Å². The molecule has 0 saturated heterocycles. The molecule has 0 radical (unpaired) electrons. The molecule has 0 bridgehead atoms. The van der Waals surface area contributed by atoms with E-state index in [0.717, 1.165) is 38.9 Å². The monoisotopic (exact) mass is 487 g/mol. The van der Waals surface area contributed by atoms with E-state index in [1.807, 2.05) is 30.3 Å². The molecule has 0 fully saturated rings. The number of pyridine rings is 1. The van der Waals surface area contributed by atoms with Crippen molar-refractivity contribution < 1.29 is 5.11 Å². The number of benzene rings is 4. The van der Waals surface area contributed by atoms with E-state index in [2.05, 4.69) is 82.5 Å². The van der Waals surface area contributed by atoms with Gasteiger partial charge in [0.1, 0.15) is 22.1 Å². The Morgan fingerprint density at radius 3 is 1.75 bits per heavy atom. The van der Waals surface area contributed by atoms with Gasteiger partial charge in [-0.15, -0.1) is 0 Å². The molecule has 0 saturated carbocycles. The molecule has 6 rings (SSSR count). The molecule has 1 N–H and O–H groups in total. The topological polar surface area (TPSA) is 50.9 Å². The first-order valence-corrected chi connectivity index (χ1v) is 12.1. The third kappa shape index (κ3) is 3.55. The second kappa shape index (κ2) is 8.99. The Morgan fingerprint density at radius 2 is 1.22 bits per heavy atom. The molecule has 0 amide bonds. The predicted octanol–water partition coefficient (Wildman–Crippen LogP) is 7.30. The number of aromatic hydroxyl groups is 1. The zero-order valence-corrected chi connectivity index (χ0v) is 20.0. The average molecular weight is 488 g/mol. The highest BCUT2D eigenvalue weighted by Crippen LogP contribution is 2.44. The van der Waals surface area contributed by atoms with Gasteiger partial charge in [-0.3, -0.25) is 0 Å². The van der Waals surface area contributed by atoms with E-state index in [9.17, 15) is 5.11 Å². The second-order valence-corrected chi connectivity index (χ2v) is 9.02. The standard InChI is InChI=1S/C31H22ClN3O/c32-29-20-22(18-19-33-29)30-27-21-26(36)16-17-28(27)35(34-30)31(23-10-4-1-5-11-23,24-12-6-2-7-13-24)25-14-8-3-9-15-25/h1-21,36H. The molecule has 6 aromatic rings. The molecule has 4 nitrogen and oxygen atoms in total. The van der Waals surface area contributed by atoms with Crippen LogP contribution in [-0.2, 0) is 5.54 Å². The number of aromatic nitrogens is 3. The van der Waals surface area contributed by atoms with Gasteiger partial charge in [0.15, 0.2) is 0 Å². The lowest BCUT2D eigenvalue weighted by atomic mass is 9.77. The van der Waals surface area contributed by atoms with Crippen molar-refractivity contribution in [3.05, 3.63) is 149 Å². The number of hydrogen-bond acceptors (Lipinski definition) is 3. The Morgan fingerprint density at radius 1 is 0.667 bits per heavy atom. The third-order valence-corrected chi connectivity index (χ3v) is 6.76.